The molecule has 0 N–H and O–H groups in total. The first-order chi connectivity index (χ1) is 9.37. The summed E-state index contributed by atoms with van der Waals surface area (Å²) in [5.41, 5.74) is 0. The largest absolute Gasteiger partial charge is 0.440 e. The summed E-state index contributed by atoms with van der Waals surface area (Å²) in [5, 5.41) is 7.74. The van der Waals surface area contributed by atoms with E-state index in [2.05, 4.69) is 14.9 Å². The van der Waals surface area contributed by atoms with Gasteiger partial charge in [0, 0.05) is 26.1 Å². The molecule has 1 aromatic rings. The predicted octanol–water partition coefficient (Wildman–Crippen LogP) is 1.69. The van der Waals surface area contributed by atoms with Crippen LogP contribution in [0.25, 0.3) is 0 Å². The molecule has 0 unspecified atom stereocenters. The molecule has 20 heavy (non-hydrogen) atoms. The molecule has 1 amide bonds. The molecule has 112 valence electrons. The van der Waals surface area contributed by atoms with Gasteiger partial charge in [-0.3, -0.25) is 0 Å². The number of likely N-dealkylation sites (tertiary alicyclic amines) is 1. The monoisotopic (exact) mass is 292 g/mol. The van der Waals surface area contributed by atoms with Crippen LogP contribution in [0.5, 0.6) is 0 Å². The normalized spacial score (nSPS) is 20.0. The number of rotatable bonds is 2. The van der Waals surface area contributed by atoms with Gasteiger partial charge in [0.1, 0.15) is 12.2 Å². The van der Waals surface area contributed by atoms with Crippen LogP contribution in [0, 0.1) is 0 Å². The molecule has 1 atom stereocenters. The second-order valence-electron chi connectivity index (χ2n) is 4.75. The average Bonchev–Trinajstić information content (AvgIpc) is 2.81. The van der Waals surface area contributed by atoms with E-state index in [0.29, 0.717) is 19.5 Å². The Hall–Kier alpha value is -1.80. The number of ether oxygens (including phenoxy) is 1. The van der Waals surface area contributed by atoms with E-state index in [1.54, 1.807) is 17.9 Å². The van der Waals surface area contributed by atoms with E-state index in [0.717, 1.165) is 12.2 Å². The highest BCUT2D eigenvalue weighted by Gasteiger charge is 2.33. The third-order valence-electron chi connectivity index (χ3n) is 3.15. The van der Waals surface area contributed by atoms with E-state index in [1.165, 1.54) is 4.90 Å². The Kier molecular flexibility index (Phi) is 4.15. The Morgan fingerprint density at radius 2 is 2.30 bits per heavy atom. The lowest BCUT2D eigenvalue weighted by atomic mass is 9.97. The smallest absolute Gasteiger partial charge is 0.422 e. The molecule has 0 spiro atoms. The molecule has 6 nitrogen and oxygen atoms in total. The third kappa shape index (κ3) is 3.61. The van der Waals surface area contributed by atoms with E-state index >= 15 is 0 Å². The summed E-state index contributed by atoms with van der Waals surface area (Å²) in [7, 11) is 1.79. The molecule has 1 aliphatic heterocycles. The second-order valence-corrected chi connectivity index (χ2v) is 4.75. The molecule has 0 saturated carbocycles. The van der Waals surface area contributed by atoms with Gasteiger partial charge in [-0.05, 0) is 12.8 Å². The van der Waals surface area contributed by atoms with Crippen molar-refractivity contribution in [2.24, 2.45) is 7.05 Å². The predicted molar refractivity (Wildman–Crippen MR) is 62.0 cm³/mol. The maximum absolute atomic E-state index is 12.0. The quantitative estimate of drug-likeness (QED) is 0.832. The van der Waals surface area contributed by atoms with Crippen molar-refractivity contribution >= 4 is 6.09 Å². The molecule has 2 heterocycles. The molecule has 1 fully saturated rings. The number of hydrogen-bond donors (Lipinski definition) is 0. The molecule has 0 aliphatic carbocycles. The van der Waals surface area contributed by atoms with Crippen LogP contribution in [0.2, 0.25) is 0 Å². The van der Waals surface area contributed by atoms with Crippen molar-refractivity contribution < 1.29 is 22.7 Å². The first-order valence-electron chi connectivity index (χ1n) is 6.19. The molecule has 2 rings (SSSR count). The Bertz CT molecular complexity index is 474. The number of nitrogens with zero attached hydrogens (tertiary/aromatic N) is 4. The number of alkyl halides is 3. The average molecular weight is 292 g/mol. The highest BCUT2D eigenvalue weighted by molar-refractivity contribution is 5.67. The minimum Gasteiger partial charge on any atom is -0.440 e. The fourth-order valence-corrected chi connectivity index (χ4v) is 2.25. The lowest BCUT2D eigenvalue weighted by molar-refractivity contribution is -0.162. The van der Waals surface area contributed by atoms with Crippen LogP contribution in [0.1, 0.15) is 24.6 Å². The van der Waals surface area contributed by atoms with Crippen molar-refractivity contribution in [3.8, 4) is 0 Å². The number of piperidine rings is 1. The number of hydrogen-bond acceptors (Lipinski definition) is 4. The van der Waals surface area contributed by atoms with Gasteiger partial charge >= 0.3 is 12.3 Å². The van der Waals surface area contributed by atoms with Crippen molar-refractivity contribution in [2.45, 2.75) is 24.9 Å². The van der Waals surface area contributed by atoms with Crippen LogP contribution >= 0.6 is 0 Å². The standard InChI is InChI=1S/C11H15F3N4O2/c1-17-7-15-16-9(17)8-3-2-4-18(5-8)10(19)20-6-11(12,13)14/h7-8H,2-6H2,1H3/t8-/m0/s1. The van der Waals surface area contributed by atoms with Gasteiger partial charge in [-0.25, -0.2) is 4.79 Å². The highest BCUT2D eigenvalue weighted by Crippen LogP contribution is 2.25. The number of amides is 1. The maximum atomic E-state index is 12.0. The van der Waals surface area contributed by atoms with E-state index in [-0.39, 0.29) is 5.92 Å². The van der Waals surface area contributed by atoms with Gasteiger partial charge in [-0.15, -0.1) is 10.2 Å². The number of aromatic nitrogens is 3. The molecule has 1 aromatic heterocycles. The van der Waals surface area contributed by atoms with Crippen molar-refractivity contribution in [1.82, 2.24) is 19.7 Å². The minimum atomic E-state index is -4.51. The minimum absolute atomic E-state index is 0.0327. The van der Waals surface area contributed by atoms with Crippen LogP contribution in [-0.2, 0) is 11.8 Å². The van der Waals surface area contributed by atoms with Crippen LogP contribution in [0.4, 0.5) is 18.0 Å². The molecule has 1 aliphatic rings. The Balaban J connectivity index is 1.93. The number of aryl methyl sites for hydroxylation is 1. The summed E-state index contributed by atoms with van der Waals surface area (Å²) in [6.07, 6.45) is -2.38. The summed E-state index contributed by atoms with van der Waals surface area (Å²) >= 11 is 0. The third-order valence-corrected chi connectivity index (χ3v) is 3.15. The van der Waals surface area contributed by atoms with Gasteiger partial charge in [0.05, 0.1) is 0 Å². The summed E-state index contributed by atoms with van der Waals surface area (Å²) < 4.78 is 42.1. The molecular formula is C11H15F3N4O2. The van der Waals surface area contributed by atoms with E-state index < -0.39 is 18.9 Å². The fraction of sp³-hybridized carbons (Fsp3) is 0.727. The van der Waals surface area contributed by atoms with Gasteiger partial charge in [0.2, 0.25) is 0 Å². The fourth-order valence-electron chi connectivity index (χ4n) is 2.25. The van der Waals surface area contributed by atoms with Gasteiger partial charge in [-0.1, -0.05) is 0 Å². The summed E-state index contributed by atoms with van der Waals surface area (Å²) in [6.45, 7) is -0.870. The zero-order chi connectivity index (χ0) is 14.8. The second kappa shape index (κ2) is 5.68. The van der Waals surface area contributed by atoms with Crippen LogP contribution in [-0.4, -0.2) is 51.6 Å². The van der Waals surface area contributed by atoms with Crippen molar-refractivity contribution in [1.29, 1.82) is 0 Å². The molecule has 0 radical (unpaired) electrons. The zero-order valence-corrected chi connectivity index (χ0v) is 10.9. The lowest BCUT2D eigenvalue weighted by Gasteiger charge is -2.31. The first-order valence-corrected chi connectivity index (χ1v) is 6.19. The molecule has 0 bridgehead atoms. The maximum Gasteiger partial charge on any atom is 0.422 e. The molecule has 9 heteroatoms. The number of carbonyl (C=O) groups is 1. The van der Waals surface area contributed by atoms with Gasteiger partial charge in [-0.2, -0.15) is 13.2 Å². The molecule has 1 saturated heterocycles. The number of halogens is 3. The van der Waals surface area contributed by atoms with Crippen LogP contribution in [0.3, 0.4) is 0 Å². The van der Waals surface area contributed by atoms with Crippen molar-refractivity contribution in [3.05, 3.63) is 12.2 Å². The summed E-state index contributed by atoms with van der Waals surface area (Å²) in [6, 6.07) is 0. The Morgan fingerprint density at radius 1 is 1.55 bits per heavy atom. The Morgan fingerprint density at radius 3 is 2.90 bits per heavy atom. The van der Waals surface area contributed by atoms with Gasteiger partial charge < -0.3 is 14.2 Å². The summed E-state index contributed by atoms with van der Waals surface area (Å²) in [5.74, 6) is 0.688. The Labute approximate surface area is 113 Å². The van der Waals surface area contributed by atoms with E-state index in [1.807, 2.05) is 0 Å². The lowest BCUT2D eigenvalue weighted by Crippen LogP contribution is -2.41. The number of carbonyl (C=O) groups excluding carboxylic acids is 1. The topological polar surface area (TPSA) is 60.2 Å². The van der Waals surface area contributed by atoms with Crippen LogP contribution < -0.4 is 0 Å². The van der Waals surface area contributed by atoms with Crippen molar-refractivity contribution in [2.75, 3.05) is 19.7 Å². The highest BCUT2D eigenvalue weighted by atomic mass is 19.4. The first kappa shape index (κ1) is 14.6. The molecular weight excluding hydrogens is 277 g/mol. The summed E-state index contributed by atoms with van der Waals surface area (Å²) in [4.78, 5) is 12.9. The SMILES string of the molecule is Cn1cnnc1[C@H]1CCCN(C(=O)OCC(F)(F)F)C1. The van der Waals surface area contributed by atoms with Crippen LogP contribution in [0.15, 0.2) is 6.33 Å². The van der Waals surface area contributed by atoms with Crippen molar-refractivity contribution in [3.63, 3.8) is 0 Å². The van der Waals surface area contributed by atoms with Gasteiger partial charge in [0.15, 0.2) is 6.61 Å². The van der Waals surface area contributed by atoms with E-state index in [9.17, 15) is 18.0 Å². The zero-order valence-electron chi connectivity index (χ0n) is 10.9. The van der Waals surface area contributed by atoms with Gasteiger partial charge in [0.25, 0.3) is 0 Å². The molecule has 0 aromatic carbocycles. The van der Waals surface area contributed by atoms with E-state index in [4.69, 9.17) is 0 Å².